The van der Waals surface area contributed by atoms with Crippen LogP contribution in [-0.4, -0.2) is 28.4 Å². The van der Waals surface area contributed by atoms with Gasteiger partial charge >= 0.3 is 0 Å². The number of aliphatic hydroxyl groups excluding tert-OH is 2. The molecule has 2 N–H and O–H groups in total. The molecule has 0 aromatic carbocycles. The predicted molar refractivity (Wildman–Crippen MR) is 119 cm³/mol. The molecule has 0 amide bonds. The highest BCUT2D eigenvalue weighted by atomic mass is 16.5. The number of hydrogen-bond donors (Lipinski definition) is 2. The van der Waals surface area contributed by atoms with E-state index in [0.717, 1.165) is 19.1 Å². The fraction of sp³-hybridized carbons (Fsp3) is 0.542. The summed E-state index contributed by atoms with van der Waals surface area (Å²) in [5, 5.41) is 19.0. The molecule has 0 aliphatic carbocycles. The molecule has 160 valence electrons. The van der Waals surface area contributed by atoms with Crippen LogP contribution in [0.3, 0.4) is 0 Å². The number of allylic oxidation sites excluding steroid dienone is 7. The largest absolute Gasteiger partial charge is 0.516 e. The SMILES string of the molecule is CC.CCC(C)/C=C/C=C(\C)CC(C)/C=C/C=C/C(O)C(C)(/C=C/O)OC=O. The van der Waals surface area contributed by atoms with Crippen LogP contribution in [0.1, 0.15) is 61.3 Å². The van der Waals surface area contributed by atoms with Crippen LogP contribution in [0.2, 0.25) is 0 Å². The first-order valence-corrected chi connectivity index (χ1v) is 10.1. The second-order valence-corrected chi connectivity index (χ2v) is 6.89. The third kappa shape index (κ3) is 13.2. The Bertz CT molecular complexity index is 543. The van der Waals surface area contributed by atoms with Crippen molar-refractivity contribution in [3.63, 3.8) is 0 Å². The van der Waals surface area contributed by atoms with Crippen molar-refractivity contribution in [1.82, 2.24) is 0 Å². The van der Waals surface area contributed by atoms with Crippen LogP contribution in [0.5, 0.6) is 0 Å². The van der Waals surface area contributed by atoms with Crippen molar-refractivity contribution in [1.29, 1.82) is 0 Å². The smallest absolute Gasteiger partial charge is 0.294 e. The van der Waals surface area contributed by atoms with Crippen LogP contribution in [0.15, 0.2) is 60.4 Å². The lowest BCUT2D eigenvalue weighted by Gasteiger charge is -2.27. The quantitative estimate of drug-likeness (QED) is 0.240. The monoisotopic (exact) mass is 392 g/mol. The fourth-order valence-electron chi connectivity index (χ4n) is 2.26. The van der Waals surface area contributed by atoms with Gasteiger partial charge in [-0.2, -0.15) is 0 Å². The molecular formula is C24H40O4. The van der Waals surface area contributed by atoms with E-state index in [4.69, 9.17) is 9.84 Å². The third-order valence-electron chi connectivity index (χ3n) is 4.25. The normalized spacial score (nSPS) is 18.1. The average Bonchev–Trinajstić information content (AvgIpc) is 2.66. The minimum atomic E-state index is -1.30. The molecule has 0 heterocycles. The van der Waals surface area contributed by atoms with E-state index in [1.54, 1.807) is 6.08 Å². The van der Waals surface area contributed by atoms with Gasteiger partial charge in [-0.3, -0.25) is 4.79 Å². The van der Waals surface area contributed by atoms with Crippen LogP contribution in [-0.2, 0) is 9.53 Å². The molecule has 0 fully saturated rings. The van der Waals surface area contributed by atoms with Gasteiger partial charge in [0, 0.05) is 0 Å². The Morgan fingerprint density at radius 3 is 2.18 bits per heavy atom. The fourth-order valence-corrected chi connectivity index (χ4v) is 2.26. The van der Waals surface area contributed by atoms with Crippen LogP contribution in [0.25, 0.3) is 0 Å². The van der Waals surface area contributed by atoms with Crippen LogP contribution < -0.4 is 0 Å². The maximum Gasteiger partial charge on any atom is 0.294 e. The standard InChI is InChI=1S/C22H34O4.C2H6/c1-6-18(2)11-9-12-20(4)16-19(3)10-7-8-13-21(25)22(5,14-15-23)26-17-24;1-2/h7-15,17-19,21,23,25H,6,16H2,1-5H3;1-2H3/b10-7+,11-9+,13-8+,15-14+,20-12+;. The molecule has 0 aromatic heterocycles. The van der Waals surface area contributed by atoms with E-state index >= 15 is 0 Å². The van der Waals surface area contributed by atoms with Crippen molar-refractivity contribution in [2.24, 2.45) is 11.8 Å². The van der Waals surface area contributed by atoms with Gasteiger partial charge in [0.25, 0.3) is 6.47 Å². The van der Waals surface area contributed by atoms with Crippen molar-refractivity contribution in [3.05, 3.63) is 60.4 Å². The first kappa shape index (κ1) is 28.1. The zero-order valence-electron chi connectivity index (χ0n) is 18.6. The Labute approximate surface area is 172 Å². The van der Waals surface area contributed by atoms with Crippen LogP contribution in [0.4, 0.5) is 0 Å². The average molecular weight is 393 g/mol. The van der Waals surface area contributed by atoms with Crippen molar-refractivity contribution >= 4 is 6.47 Å². The minimum Gasteiger partial charge on any atom is -0.516 e. The molecule has 0 aromatic rings. The topological polar surface area (TPSA) is 66.8 Å². The van der Waals surface area contributed by atoms with E-state index < -0.39 is 11.7 Å². The van der Waals surface area contributed by atoms with Gasteiger partial charge in [0.2, 0.25) is 0 Å². The summed E-state index contributed by atoms with van der Waals surface area (Å²) in [6, 6.07) is 0. The number of rotatable bonds is 12. The van der Waals surface area contributed by atoms with Gasteiger partial charge in [-0.15, -0.1) is 0 Å². The number of hydrogen-bond acceptors (Lipinski definition) is 4. The Morgan fingerprint density at radius 2 is 1.64 bits per heavy atom. The number of aliphatic hydroxyl groups is 2. The number of carbonyl (C=O) groups excluding carboxylic acids is 1. The Morgan fingerprint density at radius 1 is 1.07 bits per heavy atom. The van der Waals surface area contributed by atoms with Crippen molar-refractivity contribution in [3.8, 4) is 0 Å². The second-order valence-electron chi connectivity index (χ2n) is 6.89. The second kappa shape index (κ2) is 17.1. The summed E-state index contributed by atoms with van der Waals surface area (Å²) < 4.78 is 4.86. The van der Waals surface area contributed by atoms with Gasteiger partial charge in [0.1, 0.15) is 6.10 Å². The lowest BCUT2D eigenvalue weighted by atomic mass is 9.98. The van der Waals surface area contributed by atoms with Gasteiger partial charge < -0.3 is 14.9 Å². The molecule has 4 nitrogen and oxygen atoms in total. The third-order valence-corrected chi connectivity index (χ3v) is 4.25. The summed E-state index contributed by atoms with van der Waals surface area (Å²) in [5.74, 6) is 0.961. The van der Waals surface area contributed by atoms with E-state index in [9.17, 15) is 9.90 Å². The number of carbonyl (C=O) groups is 1. The summed E-state index contributed by atoms with van der Waals surface area (Å²) in [6.45, 7) is 14.4. The molecular weight excluding hydrogens is 352 g/mol. The molecule has 28 heavy (non-hydrogen) atoms. The Kier molecular flexibility index (Phi) is 17.1. The predicted octanol–water partition coefficient (Wildman–Crippen LogP) is 6.06. The maximum absolute atomic E-state index is 10.6. The molecule has 4 atom stereocenters. The number of ether oxygens (including phenoxy) is 1. The molecule has 4 heteroatoms. The minimum absolute atomic E-state index is 0.250. The Hall–Kier alpha value is -2.07. The van der Waals surface area contributed by atoms with Gasteiger partial charge in [0.15, 0.2) is 5.60 Å². The molecule has 0 spiro atoms. The first-order valence-electron chi connectivity index (χ1n) is 10.1. The molecule has 0 aliphatic rings. The first-order chi connectivity index (χ1) is 13.3. The van der Waals surface area contributed by atoms with E-state index in [1.165, 1.54) is 24.6 Å². The van der Waals surface area contributed by atoms with Gasteiger partial charge in [-0.1, -0.05) is 89.1 Å². The van der Waals surface area contributed by atoms with Crippen LogP contribution >= 0.6 is 0 Å². The maximum atomic E-state index is 10.6. The van der Waals surface area contributed by atoms with Crippen LogP contribution in [0, 0.1) is 11.8 Å². The van der Waals surface area contributed by atoms with Gasteiger partial charge in [0.05, 0.1) is 6.26 Å². The summed E-state index contributed by atoms with van der Waals surface area (Å²) >= 11 is 0. The highest BCUT2D eigenvalue weighted by Gasteiger charge is 2.30. The highest BCUT2D eigenvalue weighted by Crippen LogP contribution is 2.18. The molecule has 0 saturated carbocycles. The zero-order valence-corrected chi connectivity index (χ0v) is 18.6. The molecule has 0 saturated heterocycles. The van der Waals surface area contributed by atoms with E-state index in [0.29, 0.717) is 11.8 Å². The van der Waals surface area contributed by atoms with Gasteiger partial charge in [-0.25, -0.2) is 0 Å². The molecule has 0 bridgehead atoms. The lowest BCUT2D eigenvalue weighted by molar-refractivity contribution is -0.144. The molecule has 0 rings (SSSR count). The van der Waals surface area contributed by atoms with E-state index in [1.807, 2.05) is 19.9 Å². The summed E-state index contributed by atoms with van der Waals surface area (Å²) in [7, 11) is 0. The summed E-state index contributed by atoms with van der Waals surface area (Å²) in [6.07, 6.45) is 16.6. The molecule has 4 unspecified atom stereocenters. The summed E-state index contributed by atoms with van der Waals surface area (Å²) in [5.41, 5.74) is 0.0130. The van der Waals surface area contributed by atoms with Crippen molar-refractivity contribution in [2.75, 3.05) is 0 Å². The van der Waals surface area contributed by atoms with Gasteiger partial charge in [-0.05, 0) is 38.2 Å². The lowest BCUT2D eigenvalue weighted by Crippen LogP contribution is -2.38. The van der Waals surface area contributed by atoms with E-state index in [-0.39, 0.29) is 6.47 Å². The highest BCUT2D eigenvalue weighted by molar-refractivity contribution is 5.40. The molecule has 0 aliphatic heterocycles. The summed E-state index contributed by atoms with van der Waals surface area (Å²) in [4.78, 5) is 10.6. The van der Waals surface area contributed by atoms with Crippen molar-refractivity contribution < 1.29 is 19.7 Å². The zero-order chi connectivity index (χ0) is 22.0. The molecule has 0 radical (unpaired) electrons. The van der Waals surface area contributed by atoms with Crippen molar-refractivity contribution in [2.45, 2.75) is 73.0 Å². The van der Waals surface area contributed by atoms with E-state index in [2.05, 4.69) is 52.0 Å². The Balaban J connectivity index is 0.